The molecule has 0 atom stereocenters. The van der Waals surface area contributed by atoms with Gasteiger partial charge < -0.3 is 8.83 Å². The fourth-order valence-electron chi connectivity index (χ4n) is 9.01. The van der Waals surface area contributed by atoms with Crippen LogP contribution in [0.25, 0.3) is 131 Å². The number of thiophene rings is 1. The summed E-state index contributed by atoms with van der Waals surface area (Å²) in [7, 11) is 0. The first-order chi connectivity index (χ1) is 30.2. The maximum Gasteiger partial charge on any atom is 0.164 e. The van der Waals surface area contributed by atoms with E-state index in [-0.39, 0.29) is 0 Å². The molecule has 13 aromatic rings. The molecule has 6 heteroatoms. The van der Waals surface area contributed by atoms with Crippen LogP contribution in [-0.4, -0.2) is 15.0 Å². The van der Waals surface area contributed by atoms with E-state index in [1.54, 1.807) is 0 Å². The molecule has 61 heavy (non-hydrogen) atoms. The molecule has 13 rings (SSSR count). The predicted molar refractivity (Wildman–Crippen MR) is 252 cm³/mol. The highest BCUT2D eigenvalue weighted by Crippen LogP contribution is 2.44. The standard InChI is InChI=1S/C55H31N3O2S/c1-2-12-33(13-3-1)53-56-54(37-22-21-32-11-4-5-14-34(32)27-37)58-55(57-53)42-17-10-19-47-52(42)44-28-36(24-26-46(44)59-47)43-29-38(30-48-51(43)41-16-6-8-18-45(41)60-48)35-23-25-40-39-15-7-9-20-49(39)61-50(40)31-35/h1-31H. The minimum absolute atomic E-state index is 0.581. The van der Waals surface area contributed by atoms with Crippen molar-refractivity contribution >= 4 is 86.2 Å². The van der Waals surface area contributed by atoms with E-state index in [1.807, 2.05) is 65.9 Å². The molecular formula is C55H31N3O2S. The van der Waals surface area contributed by atoms with E-state index < -0.39 is 0 Å². The zero-order valence-electron chi connectivity index (χ0n) is 32.5. The number of nitrogens with zero attached hydrogens (tertiary/aromatic N) is 3. The first-order valence-electron chi connectivity index (χ1n) is 20.3. The van der Waals surface area contributed by atoms with Crippen LogP contribution in [0.3, 0.4) is 0 Å². The first kappa shape index (κ1) is 34.0. The third-order valence-corrected chi connectivity index (χ3v) is 13.0. The van der Waals surface area contributed by atoms with Crippen molar-refractivity contribution in [1.29, 1.82) is 0 Å². The lowest BCUT2D eigenvalue weighted by Gasteiger charge is -2.11. The molecule has 0 saturated carbocycles. The van der Waals surface area contributed by atoms with E-state index in [9.17, 15) is 0 Å². The second-order valence-corrected chi connectivity index (χ2v) is 16.6. The van der Waals surface area contributed by atoms with Crippen molar-refractivity contribution in [2.75, 3.05) is 0 Å². The molecule has 0 amide bonds. The summed E-state index contributed by atoms with van der Waals surface area (Å²) in [5.41, 5.74) is 10.4. The molecule has 4 aromatic heterocycles. The molecule has 0 saturated heterocycles. The van der Waals surface area contributed by atoms with Crippen molar-refractivity contribution in [2.24, 2.45) is 0 Å². The minimum atomic E-state index is 0.581. The summed E-state index contributed by atoms with van der Waals surface area (Å²) in [4.78, 5) is 15.4. The monoisotopic (exact) mass is 797 g/mol. The quantitative estimate of drug-likeness (QED) is 0.174. The van der Waals surface area contributed by atoms with E-state index >= 15 is 0 Å². The Balaban J connectivity index is 1.02. The van der Waals surface area contributed by atoms with Crippen molar-refractivity contribution in [1.82, 2.24) is 15.0 Å². The average molecular weight is 798 g/mol. The number of hydrogen-bond acceptors (Lipinski definition) is 6. The lowest BCUT2D eigenvalue weighted by atomic mass is 9.93. The van der Waals surface area contributed by atoms with Crippen molar-refractivity contribution < 1.29 is 8.83 Å². The molecular weight excluding hydrogens is 767 g/mol. The van der Waals surface area contributed by atoms with Crippen LogP contribution in [0.4, 0.5) is 0 Å². The summed E-state index contributed by atoms with van der Waals surface area (Å²) in [6, 6.07) is 65.7. The fraction of sp³-hybridized carbons (Fsp3) is 0. The van der Waals surface area contributed by atoms with E-state index in [0.717, 1.165) is 93.6 Å². The second kappa shape index (κ2) is 13.3. The fourth-order valence-corrected chi connectivity index (χ4v) is 10.2. The molecule has 4 heterocycles. The van der Waals surface area contributed by atoms with E-state index in [2.05, 4.69) is 133 Å². The van der Waals surface area contributed by atoms with Gasteiger partial charge in [-0.1, -0.05) is 133 Å². The molecule has 0 aliphatic rings. The highest BCUT2D eigenvalue weighted by molar-refractivity contribution is 7.25. The summed E-state index contributed by atoms with van der Waals surface area (Å²) < 4.78 is 15.8. The maximum atomic E-state index is 6.61. The number of hydrogen-bond donors (Lipinski definition) is 0. The zero-order chi connectivity index (χ0) is 40.0. The summed E-state index contributed by atoms with van der Waals surface area (Å²) >= 11 is 1.83. The van der Waals surface area contributed by atoms with Crippen LogP contribution in [-0.2, 0) is 0 Å². The third kappa shape index (κ3) is 5.50. The van der Waals surface area contributed by atoms with Gasteiger partial charge in [0, 0.05) is 58.4 Å². The van der Waals surface area contributed by atoms with Gasteiger partial charge in [0.2, 0.25) is 0 Å². The van der Waals surface area contributed by atoms with Crippen LogP contribution in [0.2, 0.25) is 0 Å². The highest BCUT2D eigenvalue weighted by Gasteiger charge is 2.21. The molecule has 284 valence electrons. The Bertz CT molecular complexity index is 3900. The molecule has 0 fully saturated rings. The lowest BCUT2D eigenvalue weighted by Crippen LogP contribution is -2.00. The second-order valence-electron chi connectivity index (χ2n) is 15.5. The minimum Gasteiger partial charge on any atom is -0.456 e. The third-order valence-electron chi connectivity index (χ3n) is 11.9. The Hall–Kier alpha value is -7.93. The van der Waals surface area contributed by atoms with Crippen molar-refractivity contribution in [3.63, 3.8) is 0 Å². The number of para-hydroxylation sites is 1. The summed E-state index contributed by atoms with van der Waals surface area (Å²) in [5, 5.41) is 8.96. The van der Waals surface area contributed by atoms with Crippen molar-refractivity contribution in [2.45, 2.75) is 0 Å². The van der Waals surface area contributed by atoms with E-state index in [0.29, 0.717) is 17.5 Å². The predicted octanol–water partition coefficient (Wildman–Crippen LogP) is 15.5. The summed E-state index contributed by atoms with van der Waals surface area (Å²) in [6.07, 6.45) is 0. The average Bonchev–Trinajstić information content (AvgIpc) is 4.02. The Morgan fingerprint density at radius 3 is 1.90 bits per heavy atom. The SMILES string of the molecule is c1ccc(-c2nc(-c3ccc4ccccc4c3)nc(-c3cccc4oc5ccc(-c6cc(-c7ccc8c(c7)sc7ccccc78)cc7oc8ccccc8c67)cc5c34)n2)cc1. The van der Waals surface area contributed by atoms with Crippen LogP contribution in [0.15, 0.2) is 197 Å². The van der Waals surface area contributed by atoms with Crippen LogP contribution in [0, 0.1) is 0 Å². The summed E-state index contributed by atoms with van der Waals surface area (Å²) in [6.45, 7) is 0. The number of benzene rings is 9. The van der Waals surface area contributed by atoms with Gasteiger partial charge in [-0.15, -0.1) is 11.3 Å². The van der Waals surface area contributed by atoms with Crippen molar-refractivity contribution in [3.05, 3.63) is 188 Å². The Kier molecular flexibility index (Phi) is 7.41. The Labute approximate surface area is 352 Å². The van der Waals surface area contributed by atoms with E-state index in [4.69, 9.17) is 23.8 Å². The normalized spacial score (nSPS) is 11.9. The first-order valence-corrected chi connectivity index (χ1v) is 21.1. The molecule has 0 N–H and O–H groups in total. The topological polar surface area (TPSA) is 65.0 Å². The van der Waals surface area contributed by atoms with Gasteiger partial charge in [-0.05, 0) is 87.6 Å². The van der Waals surface area contributed by atoms with Crippen molar-refractivity contribution in [3.8, 4) is 56.4 Å². The highest BCUT2D eigenvalue weighted by atomic mass is 32.1. The molecule has 0 aliphatic heterocycles. The van der Waals surface area contributed by atoms with Crippen LogP contribution in [0.5, 0.6) is 0 Å². The maximum absolute atomic E-state index is 6.61. The molecule has 0 unspecified atom stereocenters. The Morgan fingerprint density at radius 1 is 0.311 bits per heavy atom. The smallest absolute Gasteiger partial charge is 0.164 e. The van der Waals surface area contributed by atoms with Gasteiger partial charge in [-0.25, -0.2) is 15.0 Å². The van der Waals surface area contributed by atoms with Crippen LogP contribution >= 0.6 is 11.3 Å². The molecule has 0 radical (unpaired) electrons. The van der Waals surface area contributed by atoms with Gasteiger partial charge in [0.1, 0.15) is 22.3 Å². The van der Waals surface area contributed by atoms with Crippen LogP contribution < -0.4 is 0 Å². The summed E-state index contributed by atoms with van der Waals surface area (Å²) in [5.74, 6) is 1.80. The molecule has 5 nitrogen and oxygen atoms in total. The number of furan rings is 2. The largest absolute Gasteiger partial charge is 0.456 e. The molecule has 9 aromatic carbocycles. The molecule has 0 aliphatic carbocycles. The Morgan fingerprint density at radius 2 is 0.984 bits per heavy atom. The zero-order valence-corrected chi connectivity index (χ0v) is 33.3. The van der Waals surface area contributed by atoms with Gasteiger partial charge >= 0.3 is 0 Å². The lowest BCUT2D eigenvalue weighted by molar-refractivity contribution is 0.669. The molecule has 0 spiro atoms. The van der Waals surface area contributed by atoms with Gasteiger partial charge in [-0.3, -0.25) is 0 Å². The van der Waals surface area contributed by atoms with Gasteiger partial charge in [0.15, 0.2) is 17.5 Å². The van der Waals surface area contributed by atoms with Gasteiger partial charge in [-0.2, -0.15) is 0 Å². The number of fused-ring (bicyclic) bond motifs is 10. The number of aromatic nitrogens is 3. The molecule has 0 bridgehead atoms. The van der Waals surface area contributed by atoms with Gasteiger partial charge in [0.05, 0.1) is 0 Å². The van der Waals surface area contributed by atoms with Crippen LogP contribution in [0.1, 0.15) is 0 Å². The van der Waals surface area contributed by atoms with Gasteiger partial charge in [0.25, 0.3) is 0 Å². The number of rotatable bonds is 5. The van der Waals surface area contributed by atoms with E-state index in [1.165, 1.54) is 20.2 Å².